The molecular weight excluding hydrogens is 240 g/mol. The zero-order chi connectivity index (χ0) is 13.8. The quantitative estimate of drug-likeness (QED) is 0.855. The lowest BCUT2D eigenvalue weighted by Gasteiger charge is -2.04. The van der Waals surface area contributed by atoms with Gasteiger partial charge in [-0.15, -0.1) is 0 Å². The molecule has 0 saturated heterocycles. The van der Waals surface area contributed by atoms with Gasteiger partial charge in [-0.05, 0) is 19.9 Å². The van der Waals surface area contributed by atoms with E-state index >= 15 is 0 Å². The van der Waals surface area contributed by atoms with E-state index in [-0.39, 0.29) is 5.57 Å². The molecule has 2 aromatic rings. The summed E-state index contributed by atoms with van der Waals surface area (Å²) >= 11 is 0. The smallest absolute Gasteiger partial charge is 0.331 e. The van der Waals surface area contributed by atoms with Crippen LogP contribution in [0.15, 0.2) is 42.1 Å². The van der Waals surface area contributed by atoms with Crippen molar-refractivity contribution in [2.75, 3.05) is 0 Å². The van der Waals surface area contributed by atoms with E-state index in [1.165, 1.54) is 0 Å². The summed E-state index contributed by atoms with van der Waals surface area (Å²) in [6.45, 7) is 3.39. The van der Waals surface area contributed by atoms with Crippen LogP contribution in [0.4, 0.5) is 0 Å². The first-order valence-electron chi connectivity index (χ1n) is 5.88. The maximum absolute atomic E-state index is 10.8. The summed E-state index contributed by atoms with van der Waals surface area (Å²) in [5.41, 5.74) is 2.68. The van der Waals surface area contributed by atoms with Crippen LogP contribution in [0.2, 0.25) is 0 Å². The molecule has 0 radical (unpaired) electrons. The lowest BCUT2D eigenvalue weighted by atomic mass is 10.1. The number of carbonyl (C=O) groups is 1. The zero-order valence-electron chi connectivity index (χ0n) is 10.8. The van der Waals surface area contributed by atoms with Crippen molar-refractivity contribution in [3.63, 3.8) is 0 Å². The number of hydrogen-bond donors (Lipinski definition) is 1. The molecule has 1 heterocycles. The molecule has 4 heteroatoms. The summed E-state index contributed by atoms with van der Waals surface area (Å²) in [4.78, 5) is 19.5. The zero-order valence-corrected chi connectivity index (χ0v) is 10.8. The average molecular weight is 254 g/mol. The van der Waals surface area contributed by atoms with Crippen molar-refractivity contribution >= 4 is 12.0 Å². The molecule has 0 unspecified atom stereocenters. The molecular formula is C15H14N2O2. The highest BCUT2D eigenvalue weighted by Crippen LogP contribution is 2.17. The van der Waals surface area contributed by atoms with Gasteiger partial charge in [0.25, 0.3) is 0 Å². The van der Waals surface area contributed by atoms with Crippen LogP contribution in [-0.2, 0) is 4.79 Å². The van der Waals surface area contributed by atoms with Gasteiger partial charge >= 0.3 is 5.97 Å². The topological polar surface area (TPSA) is 63.1 Å². The van der Waals surface area contributed by atoms with Gasteiger partial charge < -0.3 is 5.11 Å². The van der Waals surface area contributed by atoms with E-state index in [2.05, 4.69) is 9.97 Å². The minimum Gasteiger partial charge on any atom is -0.478 e. The van der Waals surface area contributed by atoms with Crippen LogP contribution in [0.3, 0.4) is 0 Å². The van der Waals surface area contributed by atoms with Crippen LogP contribution in [-0.4, -0.2) is 21.0 Å². The first-order chi connectivity index (χ1) is 9.08. The Balaban J connectivity index is 2.38. The van der Waals surface area contributed by atoms with E-state index in [9.17, 15) is 4.79 Å². The molecule has 0 aliphatic heterocycles. The van der Waals surface area contributed by atoms with Crippen LogP contribution in [0.5, 0.6) is 0 Å². The highest BCUT2D eigenvalue weighted by atomic mass is 16.4. The Labute approximate surface area is 111 Å². The molecule has 0 bridgehead atoms. The first-order valence-corrected chi connectivity index (χ1v) is 5.88. The van der Waals surface area contributed by atoms with Crippen molar-refractivity contribution in [1.82, 2.24) is 9.97 Å². The monoisotopic (exact) mass is 254 g/mol. The normalized spacial score (nSPS) is 11.4. The van der Waals surface area contributed by atoms with Crippen molar-refractivity contribution in [2.45, 2.75) is 13.8 Å². The van der Waals surface area contributed by atoms with E-state index in [1.54, 1.807) is 19.2 Å². The fourth-order valence-electron chi connectivity index (χ4n) is 1.64. The number of rotatable bonds is 3. The van der Waals surface area contributed by atoms with Crippen molar-refractivity contribution in [3.05, 3.63) is 53.4 Å². The van der Waals surface area contributed by atoms with Crippen LogP contribution in [0.25, 0.3) is 17.5 Å². The Morgan fingerprint density at radius 3 is 2.53 bits per heavy atom. The molecule has 19 heavy (non-hydrogen) atoms. The van der Waals surface area contributed by atoms with Crippen molar-refractivity contribution in [3.8, 4) is 11.4 Å². The summed E-state index contributed by atoms with van der Waals surface area (Å²) in [6.07, 6.45) is 3.23. The second-order valence-electron chi connectivity index (χ2n) is 4.23. The lowest BCUT2D eigenvalue weighted by molar-refractivity contribution is -0.132. The molecule has 4 nitrogen and oxygen atoms in total. The number of aliphatic carboxylic acids is 1. The van der Waals surface area contributed by atoms with Gasteiger partial charge in [-0.1, -0.05) is 30.3 Å². The van der Waals surface area contributed by atoms with Gasteiger partial charge in [0, 0.05) is 28.6 Å². The highest BCUT2D eigenvalue weighted by Gasteiger charge is 2.06. The van der Waals surface area contributed by atoms with Crippen LogP contribution < -0.4 is 0 Å². The third-order valence-corrected chi connectivity index (χ3v) is 2.76. The van der Waals surface area contributed by atoms with Crippen molar-refractivity contribution in [2.24, 2.45) is 0 Å². The first kappa shape index (κ1) is 13.0. The van der Waals surface area contributed by atoms with Crippen LogP contribution >= 0.6 is 0 Å². The van der Waals surface area contributed by atoms with E-state index in [0.29, 0.717) is 5.82 Å². The van der Waals surface area contributed by atoms with Gasteiger partial charge in [0.2, 0.25) is 0 Å². The Morgan fingerprint density at radius 1 is 1.26 bits per heavy atom. The Hall–Kier alpha value is -2.49. The largest absolute Gasteiger partial charge is 0.478 e. The predicted molar refractivity (Wildman–Crippen MR) is 73.5 cm³/mol. The minimum atomic E-state index is -0.938. The molecule has 0 atom stereocenters. The second-order valence-corrected chi connectivity index (χ2v) is 4.23. The van der Waals surface area contributed by atoms with Crippen molar-refractivity contribution in [1.29, 1.82) is 0 Å². The summed E-state index contributed by atoms with van der Waals surface area (Å²) in [5, 5.41) is 8.86. The minimum absolute atomic E-state index is 0.263. The van der Waals surface area contributed by atoms with E-state index < -0.39 is 5.97 Å². The van der Waals surface area contributed by atoms with Gasteiger partial charge in [0.05, 0.1) is 0 Å². The molecule has 0 saturated carbocycles. The van der Waals surface area contributed by atoms with Gasteiger partial charge in [-0.2, -0.15) is 0 Å². The highest BCUT2D eigenvalue weighted by molar-refractivity contribution is 5.91. The standard InChI is InChI=1S/C15H14N2O2/c1-10(15(18)19)8-13-9-16-14(17-11(13)2)12-6-4-3-5-7-12/h3-9H,1-2H3,(H,18,19)/b10-8+. The second kappa shape index (κ2) is 5.44. The third kappa shape index (κ3) is 3.04. The Kier molecular flexibility index (Phi) is 3.71. The summed E-state index contributed by atoms with van der Waals surface area (Å²) in [7, 11) is 0. The molecule has 0 aliphatic carbocycles. The summed E-state index contributed by atoms with van der Waals surface area (Å²) in [5.74, 6) is -0.297. The number of aryl methyl sites for hydroxylation is 1. The number of aromatic nitrogens is 2. The van der Waals surface area contributed by atoms with Gasteiger partial charge in [0.1, 0.15) is 0 Å². The SMILES string of the molecule is C/C(=C\c1cnc(-c2ccccc2)nc1C)C(=O)O. The number of carboxylic acids is 1. The molecule has 1 aromatic heterocycles. The maximum Gasteiger partial charge on any atom is 0.331 e. The van der Waals surface area contributed by atoms with Gasteiger partial charge in [-0.25, -0.2) is 14.8 Å². The Bertz CT molecular complexity index is 634. The third-order valence-electron chi connectivity index (χ3n) is 2.76. The van der Waals surface area contributed by atoms with Crippen LogP contribution in [0.1, 0.15) is 18.2 Å². The van der Waals surface area contributed by atoms with Crippen LogP contribution in [0, 0.1) is 6.92 Å². The molecule has 0 fully saturated rings. The molecule has 0 aliphatic rings. The van der Waals surface area contributed by atoms with E-state index in [0.717, 1.165) is 16.8 Å². The van der Waals surface area contributed by atoms with E-state index in [4.69, 9.17) is 5.11 Å². The molecule has 2 rings (SSSR count). The number of benzene rings is 1. The molecule has 96 valence electrons. The maximum atomic E-state index is 10.8. The lowest BCUT2D eigenvalue weighted by Crippen LogP contribution is -1.98. The fourth-order valence-corrected chi connectivity index (χ4v) is 1.64. The van der Waals surface area contributed by atoms with Gasteiger partial charge in [-0.3, -0.25) is 0 Å². The summed E-state index contributed by atoms with van der Waals surface area (Å²) in [6, 6.07) is 9.66. The number of nitrogens with zero attached hydrogens (tertiary/aromatic N) is 2. The molecule has 0 amide bonds. The Morgan fingerprint density at radius 2 is 1.95 bits per heavy atom. The van der Waals surface area contributed by atoms with E-state index in [1.807, 2.05) is 37.3 Å². The predicted octanol–water partition coefficient (Wildman–Crippen LogP) is 2.94. The molecule has 0 spiro atoms. The molecule has 1 aromatic carbocycles. The summed E-state index contributed by atoms with van der Waals surface area (Å²) < 4.78 is 0. The average Bonchev–Trinajstić information content (AvgIpc) is 2.41. The number of carboxylic acid groups (broad SMARTS) is 1. The van der Waals surface area contributed by atoms with Crippen molar-refractivity contribution < 1.29 is 9.90 Å². The van der Waals surface area contributed by atoms with Gasteiger partial charge in [0.15, 0.2) is 5.82 Å². The molecule has 1 N–H and O–H groups in total. The number of hydrogen-bond acceptors (Lipinski definition) is 3. The fraction of sp³-hybridized carbons (Fsp3) is 0.133.